The third-order valence-corrected chi connectivity index (χ3v) is 4.10. The van der Waals surface area contributed by atoms with Crippen molar-refractivity contribution in [1.82, 2.24) is 20.4 Å². The molecule has 0 aromatic carbocycles. The van der Waals surface area contributed by atoms with Crippen molar-refractivity contribution in [2.75, 3.05) is 26.2 Å². The van der Waals surface area contributed by atoms with Crippen molar-refractivity contribution < 1.29 is 0 Å². The number of H-pyrrole nitrogens is 1. The molecule has 2 aliphatic rings. The van der Waals surface area contributed by atoms with Crippen LogP contribution >= 0.6 is 0 Å². The highest BCUT2D eigenvalue weighted by Gasteiger charge is 2.31. The fourth-order valence-corrected chi connectivity index (χ4v) is 3.08. The molecule has 2 aliphatic heterocycles. The van der Waals surface area contributed by atoms with E-state index < -0.39 is 0 Å². The molecule has 0 spiro atoms. The summed E-state index contributed by atoms with van der Waals surface area (Å²) in [5.41, 5.74) is 2.44. The zero-order chi connectivity index (χ0) is 12.6. The van der Waals surface area contributed by atoms with Crippen LogP contribution in [0.2, 0.25) is 0 Å². The summed E-state index contributed by atoms with van der Waals surface area (Å²) in [6.45, 7) is 7.58. The third-order valence-electron chi connectivity index (χ3n) is 4.10. The molecule has 1 saturated heterocycles. The van der Waals surface area contributed by atoms with Gasteiger partial charge in [0.05, 0.1) is 5.69 Å². The van der Waals surface area contributed by atoms with Crippen LogP contribution in [-0.2, 0) is 13.0 Å². The van der Waals surface area contributed by atoms with Crippen LogP contribution in [0, 0.1) is 5.41 Å². The van der Waals surface area contributed by atoms with Gasteiger partial charge in [0.2, 0.25) is 0 Å². The van der Waals surface area contributed by atoms with Gasteiger partial charge in [0.15, 0.2) is 0 Å². The molecule has 1 unspecified atom stereocenters. The van der Waals surface area contributed by atoms with E-state index in [1.54, 1.807) is 6.07 Å². The maximum atomic E-state index is 11.3. The first-order valence-corrected chi connectivity index (χ1v) is 6.65. The van der Waals surface area contributed by atoms with E-state index >= 15 is 0 Å². The van der Waals surface area contributed by atoms with Crippen LogP contribution in [0.1, 0.15) is 24.6 Å². The van der Waals surface area contributed by atoms with Crippen LogP contribution in [0.5, 0.6) is 0 Å². The molecule has 0 saturated carbocycles. The van der Waals surface area contributed by atoms with Gasteiger partial charge in [-0.1, -0.05) is 6.92 Å². The van der Waals surface area contributed by atoms with E-state index in [1.807, 2.05) is 0 Å². The quantitative estimate of drug-likeness (QED) is 0.781. The van der Waals surface area contributed by atoms with Gasteiger partial charge in [0.1, 0.15) is 0 Å². The van der Waals surface area contributed by atoms with Crippen molar-refractivity contribution >= 4 is 0 Å². The van der Waals surface area contributed by atoms with Gasteiger partial charge in [0.25, 0.3) is 5.56 Å². The molecular weight excluding hydrogens is 228 g/mol. The molecule has 5 heteroatoms. The lowest BCUT2D eigenvalue weighted by Crippen LogP contribution is -2.41. The smallest absolute Gasteiger partial charge is 0.264 e. The second kappa shape index (κ2) is 4.48. The first-order chi connectivity index (χ1) is 8.65. The summed E-state index contributed by atoms with van der Waals surface area (Å²) in [4.78, 5) is 13.8. The molecule has 0 amide bonds. The molecule has 0 bridgehead atoms. The Morgan fingerprint density at radius 1 is 1.56 bits per heavy atom. The van der Waals surface area contributed by atoms with Crippen molar-refractivity contribution in [3.8, 4) is 0 Å². The lowest BCUT2D eigenvalue weighted by Gasteiger charge is -2.34. The Bertz CT molecular complexity index is 490. The Morgan fingerprint density at radius 3 is 3.22 bits per heavy atom. The topological polar surface area (TPSA) is 61.0 Å². The fourth-order valence-electron chi connectivity index (χ4n) is 3.08. The second-order valence-corrected chi connectivity index (χ2v) is 5.90. The Morgan fingerprint density at radius 2 is 2.44 bits per heavy atom. The molecule has 5 nitrogen and oxygen atoms in total. The summed E-state index contributed by atoms with van der Waals surface area (Å²) in [6.07, 6.45) is 2.18. The van der Waals surface area contributed by atoms with Crippen molar-refractivity contribution in [3.63, 3.8) is 0 Å². The molecule has 0 radical (unpaired) electrons. The highest BCUT2D eigenvalue weighted by molar-refractivity contribution is 5.20. The summed E-state index contributed by atoms with van der Waals surface area (Å²) in [5.74, 6) is 0. The van der Waals surface area contributed by atoms with Crippen molar-refractivity contribution in [2.24, 2.45) is 5.41 Å². The lowest BCUT2D eigenvalue weighted by molar-refractivity contribution is 0.163. The number of fused-ring (bicyclic) bond motifs is 1. The van der Waals surface area contributed by atoms with Crippen LogP contribution in [0.3, 0.4) is 0 Å². The highest BCUT2D eigenvalue weighted by atomic mass is 16.1. The number of aromatic amines is 1. The van der Waals surface area contributed by atoms with Crippen LogP contribution in [0.25, 0.3) is 0 Å². The van der Waals surface area contributed by atoms with Crippen LogP contribution < -0.4 is 10.9 Å². The molecule has 0 aliphatic carbocycles. The normalized spacial score (nSPS) is 28.3. The predicted octanol–water partition coefficient (Wildman–Crippen LogP) is 0.128. The zero-order valence-electron chi connectivity index (χ0n) is 10.8. The minimum Gasteiger partial charge on any atom is -0.316 e. The Labute approximate surface area is 107 Å². The average Bonchev–Trinajstić information content (AvgIpc) is 2.75. The molecule has 3 heterocycles. The largest absolute Gasteiger partial charge is 0.316 e. The van der Waals surface area contributed by atoms with Crippen LogP contribution in [0.15, 0.2) is 10.9 Å². The average molecular weight is 248 g/mol. The minimum absolute atomic E-state index is 0.0932. The summed E-state index contributed by atoms with van der Waals surface area (Å²) in [6, 6.07) is 1.70. The summed E-state index contributed by atoms with van der Waals surface area (Å²) in [5, 5.41) is 10.1. The van der Waals surface area contributed by atoms with E-state index in [9.17, 15) is 4.79 Å². The van der Waals surface area contributed by atoms with Crippen molar-refractivity contribution in [3.05, 3.63) is 27.7 Å². The zero-order valence-corrected chi connectivity index (χ0v) is 10.8. The van der Waals surface area contributed by atoms with Crippen molar-refractivity contribution in [2.45, 2.75) is 26.3 Å². The number of hydrogen-bond donors (Lipinski definition) is 2. The highest BCUT2D eigenvalue weighted by Crippen LogP contribution is 2.27. The SMILES string of the molecule is CC1(CN2CCc3n[nH]c(=O)cc3C2)CCNC1. The van der Waals surface area contributed by atoms with Gasteiger partial charge in [-0.2, -0.15) is 5.10 Å². The van der Waals surface area contributed by atoms with E-state index in [2.05, 4.69) is 27.3 Å². The summed E-state index contributed by atoms with van der Waals surface area (Å²) < 4.78 is 0. The van der Waals surface area contributed by atoms with Gasteiger partial charge in [-0.3, -0.25) is 9.69 Å². The van der Waals surface area contributed by atoms with Crippen LogP contribution in [0.4, 0.5) is 0 Å². The molecule has 2 N–H and O–H groups in total. The van der Waals surface area contributed by atoms with E-state index in [4.69, 9.17) is 0 Å². The molecule has 1 aromatic rings. The number of nitrogens with zero attached hydrogens (tertiary/aromatic N) is 2. The Kier molecular flexibility index (Phi) is 2.95. The standard InChI is InChI=1S/C13H20N4O/c1-13(3-4-14-8-13)9-17-5-2-11-10(7-17)6-12(18)16-15-11/h6,14H,2-5,7-9H2,1H3,(H,16,18). The maximum absolute atomic E-state index is 11.3. The van der Waals surface area contributed by atoms with Gasteiger partial charge in [-0.25, -0.2) is 5.10 Å². The third kappa shape index (κ3) is 2.33. The number of hydrogen-bond acceptors (Lipinski definition) is 4. The second-order valence-electron chi connectivity index (χ2n) is 5.90. The molecule has 1 fully saturated rings. The summed E-state index contributed by atoms with van der Waals surface area (Å²) in [7, 11) is 0. The number of aromatic nitrogens is 2. The molecule has 98 valence electrons. The van der Waals surface area contributed by atoms with E-state index in [-0.39, 0.29) is 5.56 Å². The van der Waals surface area contributed by atoms with Gasteiger partial charge in [-0.15, -0.1) is 0 Å². The first-order valence-electron chi connectivity index (χ1n) is 6.65. The Hall–Kier alpha value is -1.20. The van der Waals surface area contributed by atoms with E-state index in [0.29, 0.717) is 5.41 Å². The maximum Gasteiger partial charge on any atom is 0.264 e. The molecule has 18 heavy (non-hydrogen) atoms. The molecule has 3 rings (SSSR count). The first kappa shape index (κ1) is 11.9. The minimum atomic E-state index is -0.0932. The summed E-state index contributed by atoms with van der Waals surface area (Å²) >= 11 is 0. The molecular formula is C13H20N4O. The molecule has 1 atom stereocenters. The van der Waals surface area contributed by atoms with Crippen LogP contribution in [-0.4, -0.2) is 41.3 Å². The van der Waals surface area contributed by atoms with Gasteiger partial charge in [0, 0.05) is 38.7 Å². The van der Waals surface area contributed by atoms with Crippen molar-refractivity contribution in [1.29, 1.82) is 0 Å². The van der Waals surface area contributed by atoms with Gasteiger partial charge in [-0.05, 0) is 23.9 Å². The van der Waals surface area contributed by atoms with E-state index in [1.165, 1.54) is 6.42 Å². The van der Waals surface area contributed by atoms with E-state index in [0.717, 1.165) is 50.4 Å². The Balaban J connectivity index is 1.72. The predicted molar refractivity (Wildman–Crippen MR) is 69.4 cm³/mol. The fraction of sp³-hybridized carbons (Fsp3) is 0.692. The number of nitrogens with one attached hydrogen (secondary N) is 2. The lowest BCUT2D eigenvalue weighted by atomic mass is 9.88. The molecule has 1 aromatic heterocycles. The van der Waals surface area contributed by atoms with Gasteiger partial charge >= 0.3 is 0 Å². The number of rotatable bonds is 2. The van der Waals surface area contributed by atoms with Gasteiger partial charge < -0.3 is 5.32 Å². The monoisotopic (exact) mass is 248 g/mol.